The first kappa shape index (κ1) is 25.1. The fourth-order valence-corrected chi connectivity index (χ4v) is 3.52. The second kappa shape index (κ2) is 14.1. The Bertz CT molecular complexity index is 549. The predicted octanol–water partition coefficient (Wildman–Crippen LogP) is 1.82. The summed E-state index contributed by atoms with van der Waals surface area (Å²) in [5.74, 6) is 1.42. The van der Waals surface area contributed by atoms with Crippen LogP contribution in [0, 0.1) is 5.92 Å². The molecule has 1 saturated heterocycles. The number of aliphatic hydroxyl groups excluding tert-OH is 1. The van der Waals surface area contributed by atoms with Gasteiger partial charge in [0.25, 0.3) is 0 Å². The summed E-state index contributed by atoms with van der Waals surface area (Å²) in [5, 5.41) is 16.5. The highest BCUT2D eigenvalue weighted by Crippen LogP contribution is 2.13. The first-order chi connectivity index (χ1) is 13.2. The zero-order chi connectivity index (χ0) is 19.5. The van der Waals surface area contributed by atoms with Gasteiger partial charge in [0.1, 0.15) is 0 Å². The highest BCUT2D eigenvalue weighted by molar-refractivity contribution is 14.0. The van der Waals surface area contributed by atoms with Gasteiger partial charge in [-0.3, -0.25) is 4.99 Å². The molecule has 2 unspecified atom stereocenters. The lowest BCUT2D eigenvalue weighted by Crippen LogP contribution is -2.48. The summed E-state index contributed by atoms with van der Waals surface area (Å²) in [7, 11) is 1.79. The van der Waals surface area contributed by atoms with Crippen LogP contribution in [-0.2, 0) is 0 Å². The SMILES string of the molecule is CCN1CCN(CC(C)CNC(=NC)NCC(CO)c2ccccc2)CC1.I. The van der Waals surface area contributed by atoms with Crippen molar-refractivity contribution in [2.75, 3.05) is 66.0 Å². The van der Waals surface area contributed by atoms with Crippen LogP contribution in [0.15, 0.2) is 35.3 Å². The van der Waals surface area contributed by atoms with Crippen molar-refractivity contribution in [2.24, 2.45) is 10.9 Å². The highest BCUT2D eigenvalue weighted by Gasteiger charge is 2.17. The maximum atomic E-state index is 9.69. The van der Waals surface area contributed by atoms with E-state index in [1.807, 2.05) is 18.2 Å². The number of likely N-dealkylation sites (N-methyl/N-ethyl adjacent to an activating group) is 1. The van der Waals surface area contributed by atoms with E-state index in [1.165, 1.54) is 26.2 Å². The number of nitrogens with one attached hydrogen (secondary N) is 2. The summed E-state index contributed by atoms with van der Waals surface area (Å²) in [6, 6.07) is 10.1. The van der Waals surface area contributed by atoms with Crippen LogP contribution < -0.4 is 10.6 Å². The van der Waals surface area contributed by atoms with Crippen molar-refractivity contribution in [1.82, 2.24) is 20.4 Å². The summed E-state index contributed by atoms with van der Waals surface area (Å²) in [6.07, 6.45) is 0. The number of piperazine rings is 1. The summed E-state index contributed by atoms with van der Waals surface area (Å²) in [5.41, 5.74) is 1.14. The Balaban J connectivity index is 0.00000392. The van der Waals surface area contributed by atoms with E-state index in [9.17, 15) is 5.11 Å². The molecule has 1 aromatic carbocycles. The van der Waals surface area contributed by atoms with Gasteiger partial charge in [-0.1, -0.05) is 44.2 Å². The normalized spacial score (nSPS) is 18.2. The molecule has 2 rings (SSSR count). The van der Waals surface area contributed by atoms with Gasteiger partial charge < -0.3 is 25.5 Å². The molecule has 7 heteroatoms. The van der Waals surface area contributed by atoms with Crippen LogP contribution in [0.2, 0.25) is 0 Å². The molecule has 160 valence electrons. The monoisotopic (exact) mass is 503 g/mol. The molecule has 0 aromatic heterocycles. The molecule has 2 atom stereocenters. The quantitative estimate of drug-likeness (QED) is 0.273. The van der Waals surface area contributed by atoms with Crippen molar-refractivity contribution in [3.05, 3.63) is 35.9 Å². The molecule has 3 N–H and O–H groups in total. The van der Waals surface area contributed by atoms with Gasteiger partial charge in [-0.15, -0.1) is 24.0 Å². The van der Waals surface area contributed by atoms with Crippen LogP contribution in [0.5, 0.6) is 0 Å². The Morgan fingerprint density at radius 3 is 2.25 bits per heavy atom. The average molecular weight is 503 g/mol. The summed E-state index contributed by atoms with van der Waals surface area (Å²) in [4.78, 5) is 9.39. The van der Waals surface area contributed by atoms with Gasteiger partial charge in [-0.05, 0) is 18.0 Å². The summed E-state index contributed by atoms with van der Waals surface area (Å²) >= 11 is 0. The van der Waals surface area contributed by atoms with Gasteiger partial charge in [0.2, 0.25) is 0 Å². The molecule has 1 fully saturated rings. The first-order valence-electron chi connectivity index (χ1n) is 10.2. The Labute approximate surface area is 187 Å². The zero-order valence-corrected chi connectivity index (χ0v) is 19.9. The van der Waals surface area contributed by atoms with E-state index in [1.54, 1.807) is 7.05 Å². The number of nitrogens with zero attached hydrogens (tertiary/aromatic N) is 3. The number of guanidine groups is 1. The van der Waals surface area contributed by atoms with E-state index >= 15 is 0 Å². The number of rotatable bonds is 9. The van der Waals surface area contributed by atoms with Gasteiger partial charge in [0.15, 0.2) is 5.96 Å². The van der Waals surface area contributed by atoms with Gasteiger partial charge in [0, 0.05) is 58.8 Å². The number of aliphatic imine (C=N–C) groups is 1. The third-order valence-corrected chi connectivity index (χ3v) is 5.33. The van der Waals surface area contributed by atoms with Crippen LogP contribution in [-0.4, -0.2) is 86.9 Å². The van der Waals surface area contributed by atoms with E-state index in [2.05, 4.69) is 51.4 Å². The molecular formula is C21H38IN5O. The Morgan fingerprint density at radius 2 is 1.68 bits per heavy atom. The topological polar surface area (TPSA) is 63.1 Å². The fraction of sp³-hybridized carbons (Fsp3) is 0.667. The second-order valence-corrected chi connectivity index (χ2v) is 7.46. The first-order valence-corrected chi connectivity index (χ1v) is 10.2. The average Bonchev–Trinajstić information content (AvgIpc) is 2.72. The second-order valence-electron chi connectivity index (χ2n) is 7.46. The molecule has 0 saturated carbocycles. The van der Waals surface area contributed by atoms with Crippen molar-refractivity contribution in [2.45, 2.75) is 19.8 Å². The number of hydrogen-bond acceptors (Lipinski definition) is 4. The summed E-state index contributed by atoms with van der Waals surface area (Å²) in [6.45, 7) is 13.2. The Morgan fingerprint density at radius 1 is 1.07 bits per heavy atom. The molecule has 1 aromatic rings. The number of halogens is 1. The minimum absolute atomic E-state index is 0. The molecule has 0 spiro atoms. The molecular weight excluding hydrogens is 465 g/mol. The molecule has 0 bridgehead atoms. The Kier molecular flexibility index (Phi) is 12.7. The van der Waals surface area contributed by atoms with Crippen LogP contribution in [0.1, 0.15) is 25.3 Å². The highest BCUT2D eigenvalue weighted by atomic mass is 127. The van der Waals surface area contributed by atoms with E-state index in [4.69, 9.17) is 0 Å². The minimum Gasteiger partial charge on any atom is -0.396 e. The number of aliphatic hydroxyl groups is 1. The molecule has 1 aliphatic rings. The maximum Gasteiger partial charge on any atom is 0.191 e. The molecule has 0 amide bonds. The van der Waals surface area contributed by atoms with E-state index in [0.717, 1.165) is 31.2 Å². The van der Waals surface area contributed by atoms with Crippen LogP contribution in [0.4, 0.5) is 0 Å². The van der Waals surface area contributed by atoms with E-state index in [-0.39, 0.29) is 36.5 Å². The van der Waals surface area contributed by atoms with Gasteiger partial charge in [-0.25, -0.2) is 0 Å². The lowest BCUT2D eigenvalue weighted by Gasteiger charge is -2.35. The molecule has 1 aliphatic heterocycles. The summed E-state index contributed by atoms with van der Waals surface area (Å²) < 4.78 is 0. The molecule has 0 aliphatic carbocycles. The minimum atomic E-state index is 0. The fourth-order valence-electron chi connectivity index (χ4n) is 3.52. The largest absolute Gasteiger partial charge is 0.396 e. The van der Waals surface area contributed by atoms with Crippen LogP contribution in [0.25, 0.3) is 0 Å². The predicted molar refractivity (Wildman–Crippen MR) is 129 cm³/mol. The van der Waals surface area contributed by atoms with Crippen molar-refractivity contribution in [3.63, 3.8) is 0 Å². The van der Waals surface area contributed by atoms with Gasteiger partial charge in [0.05, 0.1) is 6.61 Å². The molecule has 0 radical (unpaired) electrons. The molecule has 1 heterocycles. The third kappa shape index (κ3) is 8.63. The zero-order valence-electron chi connectivity index (χ0n) is 17.6. The van der Waals surface area contributed by atoms with Gasteiger partial charge in [-0.2, -0.15) is 0 Å². The lowest BCUT2D eigenvalue weighted by molar-refractivity contribution is 0.124. The van der Waals surface area contributed by atoms with Crippen LogP contribution >= 0.6 is 24.0 Å². The Hall–Kier alpha value is -0.900. The van der Waals surface area contributed by atoms with E-state index < -0.39 is 0 Å². The third-order valence-electron chi connectivity index (χ3n) is 5.33. The van der Waals surface area contributed by atoms with E-state index in [0.29, 0.717) is 12.5 Å². The lowest BCUT2D eigenvalue weighted by atomic mass is 10.0. The maximum absolute atomic E-state index is 9.69. The standard InChI is InChI=1S/C21H37N5O.HI/c1-4-25-10-12-26(13-11-25)16-18(2)14-23-21(22-3)24-15-20(17-27)19-8-6-5-7-9-19;/h5-9,18,20,27H,4,10-17H2,1-3H3,(H2,22,23,24);1H. The van der Waals surface area contributed by atoms with Crippen LogP contribution in [0.3, 0.4) is 0 Å². The molecule has 28 heavy (non-hydrogen) atoms. The van der Waals surface area contributed by atoms with Crippen molar-refractivity contribution in [1.29, 1.82) is 0 Å². The number of hydrogen-bond donors (Lipinski definition) is 3. The number of benzene rings is 1. The smallest absolute Gasteiger partial charge is 0.191 e. The molecule has 6 nitrogen and oxygen atoms in total. The van der Waals surface area contributed by atoms with Crippen molar-refractivity contribution in [3.8, 4) is 0 Å². The van der Waals surface area contributed by atoms with Crippen molar-refractivity contribution >= 4 is 29.9 Å². The van der Waals surface area contributed by atoms with Crippen molar-refractivity contribution < 1.29 is 5.11 Å². The van der Waals surface area contributed by atoms with Gasteiger partial charge >= 0.3 is 0 Å².